The van der Waals surface area contributed by atoms with E-state index in [4.69, 9.17) is 21.1 Å². The van der Waals surface area contributed by atoms with Gasteiger partial charge in [-0.2, -0.15) is 13.2 Å². The number of rotatable bonds is 5. The number of nitro groups is 1. The Balaban J connectivity index is 1.89. The third-order valence-corrected chi connectivity index (χ3v) is 4.36. The van der Waals surface area contributed by atoms with Crippen molar-refractivity contribution in [3.63, 3.8) is 0 Å². The lowest BCUT2D eigenvalue weighted by Crippen LogP contribution is -2.14. The Bertz CT molecular complexity index is 1200. The minimum absolute atomic E-state index is 0.0486. The van der Waals surface area contributed by atoms with E-state index >= 15 is 0 Å². The highest BCUT2D eigenvalue weighted by molar-refractivity contribution is 6.32. The molecule has 0 fully saturated rings. The first-order valence-electron chi connectivity index (χ1n) is 8.71. The first-order chi connectivity index (χ1) is 15.1. The van der Waals surface area contributed by atoms with Crippen molar-refractivity contribution in [3.8, 4) is 11.5 Å². The zero-order valence-electron chi connectivity index (χ0n) is 15.8. The van der Waals surface area contributed by atoms with Gasteiger partial charge < -0.3 is 9.47 Å². The van der Waals surface area contributed by atoms with Crippen LogP contribution in [0.4, 0.5) is 18.9 Å². The maximum Gasteiger partial charge on any atom is 0.416 e. The molecule has 0 unspecified atom stereocenters. The Hall–Kier alpha value is -3.92. The van der Waals surface area contributed by atoms with Crippen LogP contribution in [-0.4, -0.2) is 16.9 Å². The van der Waals surface area contributed by atoms with E-state index < -0.39 is 39.9 Å². The summed E-state index contributed by atoms with van der Waals surface area (Å²) < 4.78 is 48.4. The van der Waals surface area contributed by atoms with Gasteiger partial charge in [0, 0.05) is 12.1 Å². The summed E-state index contributed by atoms with van der Waals surface area (Å²) in [6.07, 6.45) is -4.61. The molecule has 0 aliphatic rings. The summed E-state index contributed by atoms with van der Waals surface area (Å²) in [7, 11) is 0. The summed E-state index contributed by atoms with van der Waals surface area (Å²) in [5.41, 5.74) is -2.21. The SMILES string of the molecule is O=C(OC(=O)c1cc(Oc2ccc(C(F)(F)F)cc2Cl)ccc1[N+](=O)[O-])c1ccccc1. The number of hydrogen-bond donors (Lipinski definition) is 0. The van der Waals surface area contributed by atoms with Crippen molar-refractivity contribution >= 4 is 29.2 Å². The largest absolute Gasteiger partial charge is 0.456 e. The summed E-state index contributed by atoms with van der Waals surface area (Å²) in [6.45, 7) is 0. The maximum atomic E-state index is 12.8. The molecule has 32 heavy (non-hydrogen) atoms. The molecule has 11 heteroatoms. The number of nitro benzene ring substituents is 1. The number of nitrogens with zero attached hydrogens (tertiary/aromatic N) is 1. The normalized spacial score (nSPS) is 11.0. The Morgan fingerprint density at radius 1 is 0.938 bits per heavy atom. The van der Waals surface area contributed by atoms with Gasteiger partial charge in [-0.3, -0.25) is 10.1 Å². The first kappa shape index (κ1) is 22.8. The third-order valence-electron chi connectivity index (χ3n) is 4.07. The second-order valence-electron chi connectivity index (χ2n) is 6.22. The molecule has 0 heterocycles. The Morgan fingerprint density at radius 2 is 1.62 bits per heavy atom. The van der Waals surface area contributed by atoms with Gasteiger partial charge in [-0.15, -0.1) is 0 Å². The molecule has 3 aromatic carbocycles. The van der Waals surface area contributed by atoms with E-state index in [0.29, 0.717) is 6.07 Å². The van der Waals surface area contributed by atoms with Crippen LogP contribution in [0.25, 0.3) is 0 Å². The zero-order valence-corrected chi connectivity index (χ0v) is 16.5. The minimum Gasteiger partial charge on any atom is -0.456 e. The Labute approximate surface area is 183 Å². The van der Waals surface area contributed by atoms with Crippen molar-refractivity contribution in [1.82, 2.24) is 0 Å². The number of carbonyl (C=O) groups is 2. The maximum absolute atomic E-state index is 12.8. The molecule has 7 nitrogen and oxygen atoms in total. The molecule has 0 aliphatic carbocycles. The van der Waals surface area contributed by atoms with Gasteiger partial charge in [-0.25, -0.2) is 9.59 Å². The van der Waals surface area contributed by atoms with Gasteiger partial charge >= 0.3 is 18.1 Å². The molecule has 0 amide bonds. The summed E-state index contributed by atoms with van der Waals surface area (Å²) >= 11 is 5.84. The lowest BCUT2D eigenvalue weighted by atomic mass is 10.1. The summed E-state index contributed by atoms with van der Waals surface area (Å²) in [5, 5.41) is 10.9. The minimum atomic E-state index is -4.61. The molecule has 164 valence electrons. The number of carbonyl (C=O) groups excluding carboxylic acids is 2. The Kier molecular flexibility index (Phi) is 6.45. The number of ether oxygens (including phenoxy) is 2. The quantitative estimate of drug-likeness (QED) is 0.197. The average Bonchev–Trinajstić information content (AvgIpc) is 2.74. The van der Waals surface area contributed by atoms with Gasteiger partial charge in [0.25, 0.3) is 5.69 Å². The number of benzene rings is 3. The molecule has 3 rings (SSSR count). The molecule has 0 N–H and O–H groups in total. The van der Waals surface area contributed by atoms with E-state index in [1.807, 2.05) is 0 Å². The molecule has 0 bridgehead atoms. The molecule has 0 aromatic heterocycles. The van der Waals surface area contributed by atoms with Crippen LogP contribution in [0.2, 0.25) is 5.02 Å². The molecule has 3 aromatic rings. The van der Waals surface area contributed by atoms with Crippen LogP contribution in [-0.2, 0) is 10.9 Å². The Morgan fingerprint density at radius 3 is 2.22 bits per heavy atom. The lowest BCUT2D eigenvalue weighted by molar-refractivity contribution is -0.385. The second kappa shape index (κ2) is 9.06. The van der Waals surface area contributed by atoms with E-state index in [2.05, 4.69) is 0 Å². The third kappa shape index (κ3) is 5.22. The molecule has 0 saturated heterocycles. The molecular weight excluding hydrogens is 455 g/mol. The fourth-order valence-electron chi connectivity index (χ4n) is 2.56. The molecule has 0 spiro atoms. The van der Waals surface area contributed by atoms with Crippen molar-refractivity contribution < 1.29 is 37.2 Å². The van der Waals surface area contributed by atoms with Crippen molar-refractivity contribution in [2.24, 2.45) is 0 Å². The average molecular weight is 466 g/mol. The fourth-order valence-corrected chi connectivity index (χ4v) is 2.78. The van der Waals surface area contributed by atoms with Gasteiger partial charge in [0.15, 0.2) is 0 Å². The van der Waals surface area contributed by atoms with Gasteiger partial charge in [-0.05, 0) is 36.4 Å². The van der Waals surface area contributed by atoms with Crippen LogP contribution < -0.4 is 4.74 Å². The van der Waals surface area contributed by atoms with Crippen molar-refractivity contribution in [2.75, 3.05) is 0 Å². The predicted octanol–water partition coefficient (Wildman–Crippen LogP) is 6.06. The summed E-state index contributed by atoms with van der Waals surface area (Å²) in [6, 6.07) is 12.8. The number of hydrogen-bond acceptors (Lipinski definition) is 6. The van der Waals surface area contributed by atoms with Crippen LogP contribution in [0.3, 0.4) is 0 Å². The van der Waals surface area contributed by atoms with E-state index in [9.17, 15) is 32.9 Å². The smallest absolute Gasteiger partial charge is 0.416 e. The van der Waals surface area contributed by atoms with Crippen LogP contribution in [0.15, 0.2) is 66.7 Å². The van der Waals surface area contributed by atoms with Crippen LogP contribution in [0, 0.1) is 10.1 Å². The molecule has 0 aliphatic heterocycles. The number of halogens is 4. The van der Waals surface area contributed by atoms with E-state index in [0.717, 1.165) is 30.3 Å². The predicted molar refractivity (Wildman–Crippen MR) is 106 cm³/mol. The van der Waals surface area contributed by atoms with Crippen LogP contribution >= 0.6 is 11.6 Å². The highest BCUT2D eigenvalue weighted by Gasteiger charge is 2.31. The number of esters is 2. The summed E-state index contributed by atoms with van der Waals surface area (Å²) in [4.78, 5) is 34.9. The van der Waals surface area contributed by atoms with Crippen molar-refractivity contribution in [1.29, 1.82) is 0 Å². The molecule has 0 atom stereocenters. The van der Waals surface area contributed by atoms with Gasteiger partial charge in [0.05, 0.1) is 21.1 Å². The topological polar surface area (TPSA) is 95.7 Å². The summed E-state index contributed by atoms with van der Waals surface area (Å²) in [5.74, 6) is -2.68. The molecular formula is C21H11ClF3NO6. The van der Waals surface area contributed by atoms with E-state index in [-0.39, 0.29) is 22.1 Å². The second-order valence-corrected chi connectivity index (χ2v) is 6.63. The first-order valence-corrected chi connectivity index (χ1v) is 9.08. The highest BCUT2D eigenvalue weighted by Crippen LogP contribution is 2.37. The monoisotopic (exact) mass is 465 g/mol. The van der Waals surface area contributed by atoms with Gasteiger partial charge in [-0.1, -0.05) is 29.8 Å². The van der Waals surface area contributed by atoms with E-state index in [1.165, 1.54) is 24.3 Å². The molecule has 0 saturated carbocycles. The van der Waals surface area contributed by atoms with Gasteiger partial charge in [0.2, 0.25) is 0 Å². The van der Waals surface area contributed by atoms with E-state index in [1.54, 1.807) is 6.07 Å². The standard InChI is InChI=1S/C21H11ClF3NO6/c22-16-10-13(21(23,24)25)6-9-18(16)31-14-7-8-17(26(29)30)15(11-14)20(28)32-19(27)12-4-2-1-3-5-12/h1-11H. The van der Waals surface area contributed by atoms with Crippen molar-refractivity contribution in [2.45, 2.75) is 6.18 Å². The molecule has 0 radical (unpaired) electrons. The van der Waals surface area contributed by atoms with Gasteiger partial charge in [0.1, 0.15) is 17.1 Å². The fraction of sp³-hybridized carbons (Fsp3) is 0.0476. The number of alkyl halides is 3. The lowest BCUT2D eigenvalue weighted by Gasteiger charge is -2.12. The van der Waals surface area contributed by atoms with Crippen molar-refractivity contribution in [3.05, 3.63) is 98.6 Å². The zero-order chi connectivity index (χ0) is 23.5. The van der Waals surface area contributed by atoms with Crippen LogP contribution in [0.5, 0.6) is 11.5 Å². The van der Waals surface area contributed by atoms with Crippen LogP contribution in [0.1, 0.15) is 26.3 Å². The highest BCUT2D eigenvalue weighted by atomic mass is 35.5.